The van der Waals surface area contributed by atoms with Crippen LogP contribution in [0.25, 0.3) is 0 Å². The molecule has 0 spiro atoms. The first-order chi connectivity index (χ1) is 5.83. The number of hydrogen-bond acceptors (Lipinski definition) is 2. The van der Waals surface area contributed by atoms with Crippen molar-refractivity contribution in [2.24, 2.45) is 0 Å². The third kappa shape index (κ3) is 3.35. The molecule has 2 N–H and O–H groups in total. The molecular formula is C10H20N2. The highest BCUT2D eigenvalue weighted by atomic mass is 14.9. The fourth-order valence-corrected chi connectivity index (χ4v) is 1.80. The molecule has 1 saturated heterocycles. The quantitative estimate of drug-likeness (QED) is 0.621. The molecule has 1 heterocycles. The molecule has 2 heteroatoms. The van der Waals surface area contributed by atoms with E-state index in [2.05, 4.69) is 12.2 Å². The second-order valence-corrected chi connectivity index (χ2v) is 3.70. The number of hydrogen-bond donors (Lipinski definition) is 2. The van der Waals surface area contributed by atoms with Gasteiger partial charge in [-0.2, -0.15) is 0 Å². The summed E-state index contributed by atoms with van der Waals surface area (Å²) in [6.45, 7) is 3.30. The molecule has 1 fully saturated rings. The maximum absolute atomic E-state index is 7.68. The molecule has 0 aromatic rings. The van der Waals surface area contributed by atoms with E-state index in [0.29, 0.717) is 6.04 Å². The molecule has 0 amide bonds. The topological polar surface area (TPSA) is 35.9 Å². The van der Waals surface area contributed by atoms with Gasteiger partial charge >= 0.3 is 0 Å². The lowest BCUT2D eigenvalue weighted by Crippen LogP contribution is -2.35. The lowest BCUT2D eigenvalue weighted by molar-refractivity contribution is 0.408. The Hall–Kier alpha value is -0.370. The van der Waals surface area contributed by atoms with Gasteiger partial charge in [0.05, 0.1) is 0 Å². The molecular weight excluding hydrogens is 148 g/mol. The summed E-state index contributed by atoms with van der Waals surface area (Å²) in [4.78, 5) is 0. The summed E-state index contributed by atoms with van der Waals surface area (Å²) in [5.41, 5.74) is 0.928. The zero-order chi connectivity index (χ0) is 8.81. The molecule has 1 atom stereocenters. The number of rotatable bonds is 4. The van der Waals surface area contributed by atoms with Crippen LogP contribution in [-0.2, 0) is 0 Å². The highest BCUT2D eigenvalue weighted by Crippen LogP contribution is 2.11. The Balaban J connectivity index is 2.15. The van der Waals surface area contributed by atoms with Crippen molar-refractivity contribution < 1.29 is 0 Å². The maximum atomic E-state index is 7.68. The minimum Gasteiger partial charge on any atom is -0.314 e. The van der Waals surface area contributed by atoms with Gasteiger partial charge in [-0.05, 0) is 25.8 Å². The summed E-state index contributed by atoms with van der Waals surface area (Å²) in [6.07, 6.45) is 7.01. The monoisotopic (exact) mass is 168 g/mol. The van der Waals surface area contributed by atoms with Crippen LogP contribution in [0.3, 0.4) is 0 Å². The van der Waals surface area contributed by atoms with Crippen molar-refractivity contribution in [3.8, 4) is 0 Å². The fourth-order valence-electron chi connectivity index (χ4n) is 1.80. The van der Waals surface area contributed by atoms with E-state index in [1.165, 1.54) is 19.3 Å². The average Bonchev–Trinajstić information content (AvgIpc) is 2.06. The van der Waals surface area contributed by atoms with Gasteiger partial charge in [0.2, 0.25) is 0 Å². The van der Waals surface area contributed by atoms with E-state index in [-0.39, 0.29) is 0 Å². The van der Waals surface area contributed by atoms with Crippen LogP contribution in [0.15, 0.2) is 0 Å². The van der Waals surface area contributed by atoms with E-state index in [9.17, 15) is 0 Å². The third-order valence-electron chi connectivity index (χ3n) is 2.46. The van der Waals surface area contributed by atoms with E-state index >= 15 is 0 Å². The normalized spacial score (nSPS) is 23.9. The zero-order valence-corrected chi connectivity index (χ0v) is 8.03. The fraction of sp³-hybridized carbons (Fsp3) is 0.900. The largest absolute Gasteiger partial charge is 0.314 e. The van der Waals surface area contributed by atoms with E-state index in [1.54, 1.807) is 0 Å². The van der Waals surface area contributed by atoms with Gasteiger partial charge in [-0.25, -0.2) is 0 Å². The Morgan fingerprint density at radius 2 is 2.33 bits per heavy atom. The first kappa shape index (κ1) is 9.72. The molecule has 0 aromatic carbocycles. The number of piperidine rings is 1. The van der Waals surface area contributed by atoms with Crippen LogP contribution in [0.4, 0.5) is 0 Å². The highest BCUT2D eigenvalue weighted by Gasteiger charge is 2.13. The van der Waals surface area contributed by atoms with Crippen LogP contribution in [0.2, 0.25) is 0 Å². The minimum absolute atomic E-state index is 0.609. The van der Waals surface area contributed by atoms with Gasteiger partial charge < -0.3 is 10.7 Å². The molecule has 2 nitrogen and oxygen atoms in total. The lowest BCUT2D eigenvalue weighted by Gasteiger charge is -2.23. The van der Waals surface area contributed by atoms with Gasteiger partial charge in [0.15, 0.2) is 0 Å². The van der Waals surface area contributed by atoms with E-state index in [4.69, 9.17) is 5.41 Å². The molecule has 0 radical (unpaired) electrons. The smallest absolute Gasteiger partial charge is 0.0119 e. The Morgan fingerprint density at radius 3 is 2.92 bits per heavy atom. The van der Waals surface area contributed by atoms with Crippen LogP contribution < -0.4 is 5.32 Å². The summed E-state index contributed by atoms with van der Waals surface area (Å²) >= 11 is 0. The van der Waals surface area contributed by atoms with Crippen LogP contribution in [-0.4, -0.2) is 18.3 Å². The van der Waals surface area contributed by atoms with Crippen molar-refractivity contribution in [3.63, 3.8) is 0 Å². The minimum atomic E-state index is 0.609. The van der Waals surface area contributed by atoms with Crippen molar-refractivity contribution >= 4 is 5.71 Å². The maximum Gasteiger partial charge on any atom is 0.0119 e. The van der Waals surface area contributed by atoms with Crippen molar-refractivity contribution in [1.82, 2.24) is 5.32 Å². The summed E-state index contributed by atoms with van der Waals surface area (Å²) in [5, 5.41) is 11.2. The molecule has 12 heavy (non-hydrogen) atoms. The molecule has 0 saturated carbocycles. The molecule has 1 aliphatic rings. The molecule has 1 rings (SSSR count). The first-order valence-corrected chi connectivity index (χ1v) is 5.12. The van der Waals surface area contributed by atoms with Crippen molar-refractivity contribution in [2.75, 3.05) is 6.54 Å². The summed E-state index contributed by atoms with van der Waals surface area (Å²) < 4.78 is 0. The van der Waals surface area contributed by atoms with Crippen molar-refractivity contribution in [1.29, 1.82) is 5.41 Å². The lowest BCUT2D eigenvalue weighted by atomic mass is 9.98. The van der Waals surface area contributed by atoms with Gasteiger partial charge in [-0.1, -0.05) is 19.8 Å². The Morgan fingerprint density at radius 1 is 1.50 bits per heavy atom. The Labute approximate surface area is 75.3 Å². The predicted molar refractivity (Wildman–Crippen MR) is 52.9 cm³/mol. The predicted octanol–water partition coefficient (Wildman–Crippen LogP) is 2.34. The number of nitrogens with one attached hydrogen (secondary N) is 2. The van der Waals surface area contributed by atoms with Crippen molar-refractivity contribution in [3.05, 3.63) is 0 Å². The van der Waals surface area contributed by atoms with Crippen LogP contribution in [0, 0.1) is 5.41 Å². The molecule has 0 aromatic heterocycles. The van der Waals surface area contributed by atoms with E-state index in [1.807, 2.05) is 0 Å². The molecule has 0 aliphatic carbocycles. The summed E-state index contributed by atoms with van der Waals surface area (Å²) in [7, 11) is 0. The first-order valence-electron chi connectivity index (χ1n) is 5.12. The van der Waals surface area contributed by atoms with Gasteiger partial charge in [0.1, 0.15) is 0 Å². The van der Waals surface area contributed by atoms with Crippen molar-refractivity contribution in [2.45, 2.75) is 51.5 Å². The Bertz CT molecular complexity index is 137. The molecule has 0 unspecified atom stereocenters. The van der Waals surface area contributed by atoms with Gasteiger partial charge in [-0.15, -0.1) is 0 Å². The SMILES string of the molecule is CCCC(=N)C[C@H]1CCCCN1. The summed E-state index contributed by atoms with van der Waals surface area (Å²) in [6, 6.07) is 0.609. The van der Waals surface area contributed by atoms with Gasteiger partial charge in [0.25, 0.3) is 0 Å². The van der Waals surface area contributed by atoms with E-state index < -0.39 is 0 Å². The van der Waals surface area contributed by atoms with E-state index in [0.717, 1.165) is 31.5 Å². The zero-order valence-electron chi connectivity index (χ0n) is 8.03. The standard InChI is InChI=1S/C10H20N2/c1-2-5-9(11)8-10-6-3-4-7-12-10/h10-12H,2-8H2,1H3/t10-/m1/s1. The summed E-state index contributed by atoms with van der Waals surface area (Å²) in [5.74, 6) is 0. The highest BCUT2D eigenvalue weighted by molar-refractivity contribution is 5.81. The third-order valence-corrected chi connectivity index (χ3v) is 2.46. The average molecular weight is 168 g/mol. The Kier molecular flexibility index (Phi) is 4.30. The molecule has 1 aliphatic heterocycles. The second-order valence-electron chi connectivity index (χ2n) is 3.70. The second kappa shape index (κ2) is 5.31. The van der Waals surface area contributed by atoms with Crippen LogP contribution in [0.5, 0.6) is 0 Å². The van der Waals surface area contributed by atoms with Gasteiger partial charge in [0, 0.05) is 18.2 Å². The van der Waals surface area contributed by atoms with Crippen LogP contribution >= 0.6 is 0 Å². The molecule has 70 valence electrons. The van der Waals surface area contributed by atoms with Gasteiger partial charge in [-0.3, -0.25) is 0 Å². The van der Waals surface area contributed by atoms with Crippen LogP contribution in [0.1, 0.15) is 45.4 Å². The molecule has 0 bridgehead atoms.